The molecule has 0 radical (unpaired) electrons. The molecule has 2 fully saturated rings. The number of amides is 2. The van der Waals surface area contributed by atoms with E-state index in [1.807, 2.05) is 28.5 Å². The molecule has 1 aromatic carbocycles. The van der Waals surface area contributed by atoms with Gasteiger partial charge in [0, 0.05) is 55.2 Å². The molecular weight excluding hydrogens is 507 g/mol. The molecule has 0 aliphatic carbocycles. The zero-order chi connectivity index (χ0) is 27.9. The Morgan fingerprint density at radius 2 is 1.79 bits per heavy atom. The molecule has 1 unspecified atom stereocenters. The summed E-state index contributed by atoms with van der Waals surface area (Å²) in [6.07, 6.45) is 2.35. The number of halogens is 1. The van der Waals surface area contributed by atoms with Crippen LogP contribution in [0.2, 0.25) is 0 Å². The van der Waals surface area contributed by atoms with E-state index >= 15 is 4.39 Å². The van der Waals surface area contributed by atoms with Crippen LogP contribution < -0.4 is 5.32 Å². The molecule has 8 nitrogen and oxygen atoms in total. The molecule has 2 aliphatic rings. The number of carbonyl (C=O) groups excluding carboxylic acids is 3. The van der Waals surface area contributed by atoms with E-state index < -0.39 is 23.2 Å². The largest absolute Gasteiger partial charge is 0.466 e. The number of esters is 1. The second-order valence-corrected chi connectivity index (χ2v) is 11.8. The minimum atomic E-state index is -0.909. The second-order valence-electron chi connectivity index (χ2n) is 10.6. The predicted octanol–water partition coefficient (Wildman–Crippen LogP) is 3.93. The minimum absolute atomic E-state index is 0.0450. The lowest BCUT2D eigenvalue weighted by Crippen LogP contribution is -2.55. The average Bonchev–Trinajstić information content (AvgIpc) is 2.89. The molecule has 2 heterocycles. The third kappa shape index (κ3) is 7.48. The molecule has 3 rings (SSSR count). The van der Waals surface area contributed by atoms with Crippen LogP contribution >= 0.6 is 11.8 Å². The number of rotatable bonds is 9. The Labute approximate surface area is 229 Å². The number of hydrogen-bond acceptors (Lipinski definition) is 6. The molecule has 1 aromatic rings. The number of hydrogen-bond donors (Lipinski definition) is 2. The minimum Gasteiger partial charge on any atom is -0.466 e. The van der Waals surface area contributed by atoms with E-state index in [1.165, 1.54) is 12.1 Å². The van der Waals surface area contributed by atoms with Crippen LogP contribution in [0.15, 0.2) is 18.2 Å². The lowest BCUT2D eigenvalue weighted by Gasteiger charge is -2.39. The van der Waals surface area contributed by atoms with Gasteiger partial charge in [0.2, 0.25) is 5.91 Å². The number of amidine groups is 1. The third-order valence-electron chi connectivity index (χ3n) is 7.51. The van der Waals surface area contributed by atoms with Gasteiger partial charge in [0.25, 0.3) is 5.91 Å². The molecular formula is C28H41FN4O4S. The molecule has 0 aromatic heterocycles. The molecule has 2 amide bonds. The molecule has 10 heteroatoms. The first-order valence-corrected chi connectivity index (χ1v) is 14.7. The smallest absolute Gasteiger partial charge is 0.306 e. The average molecular weight is 549 g/mol. The topological polar surface area (TPSA) is 103 Å². The first-order valence-electron chi connectivity index (χ1n) is 13.5. The van der Waals surface area contributed by atoms with Gasteiger partial charge < -0.3 is 19.9 Å². The van der Waals surface area contributed by atoms with Crippen LogP contribution in [0.1, 0.15) is 69.3 Å². The van der Waals surface area contributed by atoms with Gasteiger partial charge in [-0.3, -0.25) is 19.8 Å². The van der Waals surface area contributed by atoms with Gasteiger partial charge in [-0.15, -0.1) is 0 Å². The van der Waals surface area contributed by atoms with Crippen LogP contribution in [0.4, 0.5) is 4.39 Å². The SMILES string of the molecule is CCOC(=O)CC1CCN(C(=O)C(CC)C(C)(C)NC(=O)c2ccc(C(=N)N3CCSCC3)cc2F)CC1. The highest BCUT2D eigenvalue weighted by molar-refractivity contribution is 7.99. The second kappa shape index (κ2) is 13.4. The van der Waals surface area contributed by atoms with Crippen LogP contribution in [0.5, 0.6) is 0 Å². The van der Waals surface area contributed by atoms with Crippen LogP contribution in [0, 0.1) is 23.1 Å². The molecule has 2 saturated heterocycles. The molecule has 0 saturated carbocycles. The number of piperidine rings is 1. The predicted molar refractivity (Wildman–Crippen MR) is 148 cm³/mol. The summed E-state index contributed by atoms with van der Waals surface area (Å²) in [6, 6.07) is 4.27. The van der Waals surface area contributed by atoms with Gasteiger partial charge in [0.05, 0.1) is 18.1 Å². The normalized spacial score (nSPS) is 17.6. The Kier molecular flexibility index (Phi) is 10.6. The summed E-state index contributed by atoms with van der Waals surface area (Å²) >= 11 is 1.84. The summed E-state index contributed by atoms with van der Waals surface area (Å²) in [5.74, 6) is 0.333. The van der Waals surface area contributed by atoms with Gasteiger partial charge in [0.15, 0.2) is 0 Å². The Morgan fingerprint density at radius 3 is 2.37 bits per heavy atom. The number of nitrogens with one attached hydrogen (secondary N) is 2. The number of ether oxygens (including phenoxy) is 1. The fraction of sp³-hybridized carbons (Fsp3) is 0.643. The molecule has 0 spiro atoms. The lowest BCUT2D eigenvalue weighted by molar-refractivity contribution is -0.145. The van der Waals surface area contributed by atoms with Gasteiger partial charge >= 0.3 is 5.97 Å². The molecule has 38 heavy (non-hydrogen) atoms. The molecule has 2 aliphatic heterocycles. The van der Waals surface area contributed by atoms with Gasteiger partial charge in [0.1, 0.15) is 11.7 Å². The Morgan fingerprint density at radius 1 is 1.13 bits per heavy atom. The highest BCUT2D eigenvalue weighted by Gasteiger charge is 2.39. The van der Waals surface area contributed by atoms with Crippen molar-refractivity contribution in [1.29, 1.82) is 5.41 Å². The zero-order valence-corrected chi connectivity index (χ0v) is 23.8. The fourth-order valence-electron chi connectivity index (χ4n) is 5.29. The quantitative estimate of drug-likeness (QED) is 0.275. The maximum absolute atomic E-state index is 15.0. The maximum atomic E-state index is 15.0. The van der Waals surface area contributed by atoms with Crippen molar-refractivity contribution in [1.82, 2.24) is 15.1 Å². The van der Waals surface area contributed by atoms with E-state index in [4.69, 9.17) is 10.1 Å². The highest BCUT2D eigenvalue weighted by atomic mass is 32.2. The lowest BCUT2D eigenvalue weighted by atomic mass is 9.82. The summed E-state index contributed by atoms with van der Waals surface area (Å²) < 4.78 is 20.1. The van der Waals surface area contributed by atoms with Crippen molar-refractivity contribution >= 4 is 35.4 Å². The molecule has 0 bridgehead atoms. The van der Waals surface area contributed by atoms with E-state index in [0.717, 1.165) is 37.4 Å². The van der Waals surface area contributed by atoms with E-state index in [0.29, 0.717) is 38.1 Å². The van der Waals surface area contributed by atoms with Gasteiger partial charge in [-0.2, -0.15) is 11.8 Å². The van der Waals surface area contributed by atoms with E-state index in [9.17, 15) is 14.4 Å². The van der Waals surface area contributed by atoms with Gasteiger partial charge in [-0.25, -0.2) is 4.39 Å². The number of likely N-dealkylation sites (tertiary alicyclic amines) is 1. The van der Waals surface area contributed by atoms with Crippen LogP contribution in [-0.2, 0) is 14.3 Å². The first kappa shape index (κ1) is 29.9. The Hall–Kier alpha value is -2.62. The number of nitrogens with zero attached hydrogens (tertiary/aromatic N) is 2. The van der Waals surface area contributed by atoms with Crippen molar-refractivity contribution in [2.75, 3.05) is 44.3 Å². The summed E-state index contributed by atoms with van der Waals surface area (Å²) in [5.41, 5.74) is -0.572. The summed E-state index contributed by atoms with van der Waals surface area (Å²) in [5, 5.41) is 11.3. The Balaban J connectivity index is 1.61. The first-order chi connectivity index (χ1) is 18.1. The molecule has 2 N–H and O–H groups in total. The standard InChI is InChI=1S/C28H41FN4O4S/c1-5-22(27(36)33-11-9-19(10-12-33)17-24(34)37-6-2)28(3,4)31-26(35)21-8-7-20(18-23(21)29)25(30)32-13-15-38-16-14-32/h7-8,18-19,22,30H,5-6,9-17H2,1-4H3,(H,31,35). The number of benzene rings is 1. The number of carbonyl (C=O) groups is 3. The monoisotopic (exact) mass is 548 g/mol. The molecule has 1 atom stereocenters. The molecule has 210 valence electrons. The maximum Gasteiger partial charge on any atom is 0.306 e. The zero-order valence-electron chi connectivity index (χ0n) is 23.0. The fourth-order valence-corrected chi connectivity index (χ4v) is 6.19. The van der Waals surface area contributed by atoms with E-state index in [1.54, 1.807) is 26.8 Å². The van der Waals surface area contributed by atoms with Crippen LogP contribution in [0.25, 0.3) is 0 Å². The Bertz CT molecular complexity index is 1020. The summed E-state index contributed by atoms with van der Waals surface area (Å²) in [6.45, 7) is 10.3. The van der Waals surface area contributed by atoms with Crippen LogP contribution in [0.3, 0.4) is 0 Å². The number of thioether (sulfide) groups is 1. The summed E-state index contributed by atoms with van der Waals surface area (Å²) in [4.78, 5) is 42.1. The third-order valence-corrected chi connectivity index (χ3v) is 8.46. The highest BCUT2D eigenvalue weighted by Crippen LogP contribution is 2.28. The van der Waals surface area contributed by atoms with Crippen molar-refractivity contribution in [3.05, 3.63) is 35.1 Å². The van der Waals surface area contributed by atoms with Crippen molar-refractivity contribution in [3.63, 3.8) is 0 Å². The van der Waals surface area contributed by atoms with Gasteiger partial charge in [-0.1, -0.05) is 13.0 Å². The van der Waals surface area contributed by atoms with E-state index in [-0.39, 0.29) is 29.2 Å². The van der Waals surface area contributed by atoms with Crippen molar-refractivity contribution in [2.45, 2.75) is 58.9 Å². The van der Waals surface area contributed by atoms with Crippen molar-refractivity contribution in [3.8, 4) is 0 Å². The van der Waals surface area contributed by atoms with Crippen molar-refractivity contribution < 1.29 is 23.5 Å². The van der Waals surface area contributed by atoms with Crippen LogP contribution in [-0.4, -0.2) is 83.2 Å². The van der Waals surface area contributed by atoms with Gasteiger partial charge in [-0.05, 0) is 58.1 Å². The van der Waals surface area contributed by atoms with Crippen molar-refractivity contribution in [2.24, 2.45) is 11.8 Å². The van der Waals surface area contributed by atoms with E-state index in [2.05, 4.69) is 5.32 Å². The summed E-state index contributed by atoms with van der Waals surface area (Å²) in [7, 11) is 0.